The van der Waals surface area contributed by atoms with Gasteiger partial charge in [0.2, 0.25) is 35.4 Å². The fourth-order valence-electron chi connectivity index (χ4n) is 10.2. The number of rotatable bonds is 14. The van der Waals surface area contributed by atoms with Crippen molar-refractivity contribution in [1.82, 2.24) is 35.6 Å². The monoisotopic (exact) mass is 1140 g/mol. The molecule has 81 heavy (non-hydrogen) atoms. The predicted molar refractivity (Wildman–Crippen MR) is 300 cm³/mol. The number of ketones is 1. The zero-order valence-corrected chi connectivity index (χ0v) is 50.4. The van der Waals surface area contributed by atoms with Crippen LogP contribution in [0.3, 0.4) is 0 Å². The first-order valence-electron chi connectivity index (χ1n) is 28.5. The van der Waals surface area contributed by atoms with E-state index in [0.29, 0.717) is 24.2 Å². The number of fused-ring (bicyclic) bond motifs is 1. The molecule has 3 aliphatic heterocycles. The first-order valence-corrected chi connectivity index (χ1v) is 28.5. The Morgan fingerprint density at radius 2 is 1.54 bits per heavy atom. The Labute approximate surface area is 478 Å². The zero-order valence-electron chi connectivity index (χ0n) is 50.4. The second-order valence-corrected chi connectivity index (χ2v) is 24.1. The van der Waals surface area contributed by atoms with Crippen molar-refractivity contribution in [2.75, 3.05) is 34.3 Å². The standard InChI is InChI=1S/C59H91N7O15/c1-17-35(8)47-45(67)31-46(68)80-50(34(6)7)49(69)36(9)51(70)60-40(28-32(2)3)54(73)65-26-18-20-41(65)55(74)64(15)44(30-38-22-24-39(78-16)25-23-38)57(76)79-37(10)48(53(72)61-47)62-52(71)43(29-33(4)5)63(14)56(75)42-21-19-27-66(42)58(77)81-59(11,12)13/h19,21-25,32-37,40-45,47-48,50,67H,17-18,20,26-31H2,1-16H3,(H,60,70)(H,61,72)(H,62,71)/t35-,36-,37+,40-,41?,42?,43+,44-,45-,47+,48-,50-/m0/s1. The third-order valence-electron chi connectivity index (χ3n) is 15.1. The van der Waals surface area contributed by atoms with Crippen molar-refractivity contribution in [2.24, 2.45) is 29.6 Å². The summed E-state index contributed by atoms with van der Waals surface area (Å²) in [5.74, 6) is -9.68. The van der Waals surface area contributed by atoms with E-state index in [1.807, 2.05) is 27.7 Å². The summed E-state index contributed by atoms with van der Waals surface area (Å²) in [5, 5.41) is 20.1. The molecule has 12 atom stereocenters. The Balaban J connectivity index is 1.88. The molecule has 0 radical (unpaired) electrons. The minimum Gasteiger partial charge on any atom is -0.497 e. The molecule has 1 aromatic rings. The molecule has 0 spiro atoms. The molecule has 7 amide bonds. The van der Waals surface area contributed by atoms with Gasteiger partial charge in [-0.05, 0) is 102 Å². The number of benzene rings is 1. The lowest BCUT2D eigenvalue weighted by molar-refractivity contribution is -0.163. The number of aliphatic hydroxyl groups excluding tert-OH is 1. The van der Waals surface area contributed by atoms with E-state index in [1.165, 1.54) is 60.7 Å². The average molecular weight is 1140 g/mol. The van der Waals surface area contributed by atoms with Crippen molar-refractivity contribution in [3.8, 4) is 5.75 Å². The Bertz CT molecular complexity index is 2440. The van der Waals surface area contributed by atoms with Crippen molar-refractivity contribution in [3.05, 3.63) is 42.0 Å². The number of hydrogen-bond acceptors (Lipinski definition) is 15. The summed E-state index contributed by atoms with van der Waals surface area (Å²) in [5.41, 5.74) is -0.303. The van der Waals surface area contributed by atoms with Gasteiger partial charge in [0.25, 0.3) is 0 Å². The third-order valence-corrected chi connectivity index (χ3v) is 15.1. The van der Waals surface area contributed by atoms with Crippen LogP contribution in [0.25, 0.3) is 0 Å². The van der Waals surface area contributed by atoms with Gasteiger partial charge < -0.3 is 54.7 Å². The van der Waals surface area contributed by atoms with Crippen LogP contribution in [0.4, 0.5) is 4.79 Å². The van der Waals surface area contributed by atoms with Gasteiger partial charge in [0.1, 0.15) is 53.7 Å². The number of amides is 7. The smallest absolute Gasteiger partial charge is 0.411 e. The van der Waals surface area contributed by atoms with Gasteiger partial charge in [0.05, 0.1) is 31.6 Å². The summed E-state index contributed by atoms with van der Waals surface area (Å²) in [6.45, 7) is 22.1. The van der Waals surface area contributed by atoms with Gasteiger partial charge in [-0.15, -0.1) is 0 Å². The lowest BCUT2D eigenvalue weighted by Gasteiger charge is -2.36. The summed E-state index contributed by atoms with van der Waals surface area (Å²) in [6, 6.07) is -2.36. The van der Waals surface area contributed by atoms with Crippen LogP contribution in [0, 0.1) is 29.6 Å². The van der Waals surface area contributed by atoms with Crippen molar-refractivity contribution < 1.29 is 72.0 Å². The predicted octanol–water partition coefficient (Wildman–Crippen LogP) is 4.12. The number of nitrogens with one attached hydrogen (secondary N) is 3. The highest BCUT2D eigenvalue weighted by atomic mass is 16.6. The molecule has 22 nitrogen and oxygen atoms in total. The Hall–Kier alpha value is -6.58. The maximum Gasteiger partial charge on any atom is 0.411 e. The number of aliphatic hydroxyl groups is 1. The summed E-state index contributed by atoms with van der Waals surface area (Å²) in [7, 11) is 4.29. The first kappa shape index (κ1) is 66.9. The number of methoxy groups -OCH3 is 1. The first-order chi connectivity index (χ1) is 37.8. The molecule has 0 saturated carbocycles. The van der Waals surface area contributed by atoms with Crippen LogP contribution in [0.2, 0.25) is 0 Å². The van der Waals surface area contributed by atoms with E-state index in [4.69, 9.17) is 18.9 Å². The van der Waals surface area contributed by atoms with Crippen LogP contribution in [-0.2, 0) is 63.8 Å². The number of likely N-dealkylation sites (N-methyl/N-ethyl adjacent to an activating group) is 2. The Morgan fingerprint density at radius 1 is 0.901 bits per heavy atom. The number of Topliss-reactive ketones (excluding diaryl/α,β-unsaturated/α-hetero) is 1. The van der Waals surface area contributed by atoms with Gasteiger partial charge in [-0.1, -0.05) is 86.1 Å². The molecule has 3 aliphatic rings. The molecule has 4 N–H and O–H groups in total. The average Bonchev–Trinajstić information content (AvgIpc) is 4.11. The zero-order chi connectivity index (χ0) is 61.0. The maximum absolute atomic E-state index is 15.1. The van der Waals surface area contributed by atoms with Crippen LogP contribution in [0.5, 0.6) is 5.75 Å². The second-order valence-electron chi connectivity index (χ2n) is 24.1. The largest absolute Gasteiger partial charge is 0.497 e. The molecule has 2 fully saturated rings. The molecule has 0 aliphatic carbocycles. The summed E-state index contributed by atoms with van der Waals surface area (Å²) in [6.07, 6.45) is -1.95. The van der Waals surface area contributed by atoms with E-state index < -0.39 is 150 Å². The van der Waals surface area contributed by atoms with Crippen LogP contribution in [0.15, 0.2) is 36.4 Å². The highest BCUT2D eigenvalue weighted by molar-refractivity contribution is 6.05. The van der Waals surface area contributed by atoms with Crippen LogP contribution in [-0.4, -0.2) is 184 Å². The van der Waals surface area contributed by atoms with Gasteiger partial charge >= 0.3 is 18.0 Å². The third kappa shape index (κ3) is 18.0. The van der Waals surface area contributed by atoms with E-state index in [1.54, 1.807) is 78.8 Å². The molecule has 0 bridgehead atoms. The maximum atomic E-state index is 15.1. The number of cyclic esters (lactones) is 2. The molecular weight excluding hydrogens is 1050 g/mol. The molecule has 3 heterocycles. The number of carbonyl (C=O) groups is 10. The summed E-state index contributed by atoms with van der Waals surface area (Å²) < 4.78 is 22.8. The van der Waals surface area contributed by atoms with E-state index >= 15 is 4.79 Å². The number of hydrogen-bond donors (Lipinski definition) is 4. The van der Waals surface area contributed by atoms with Crippen molar-refractivity contribution in [2.45, 2.75) is 201 Å². The fraction of sp³-hybridized carbons (Fsp3) is 0.695. The fourth-order valence-corrected chi connectivity index (χ4v) is 10.2. The molecular formula is C59H91N7O15. The summed E-state index contributed by atoms with van der Waals surface area (Å²) in [4.78, 5) is 149. The Morgan fingerprint density at radius 3 is 2.11 bits per heavy atom. The molecule has 0 aromatic heterocycles. The quantitative estimate of drug-likeness (QED) is 0.0883. The van der Waals surface area contributed by atoms with Gasteiger partial charge in [0.15, 0.2) is 11.9 Å². The van der Waals surface area contributed by atoms with Gasteiger partial charge in [0, 0.05) is 33.6 Å². The van der Waals surface area contributed by atoms with Crippen LogP contribution >= 0.6 is 0 Å². The van der Waals surface area contributed by atoms with E-state index in [9.17, 15) is 48.3 Å². The molecule has 4 rings (SSSR count). The number of nitrogens with zero attached hydrogens (tertiary/aromatic N) is 4. The van der Waals surface area contributed by atoms with Crippen molar-refractivity contribution in [3.63, 3.8) is 0 Å². The highest BCUT2D eigenvalue weighted by Gasteiger charge is 2.46. The molecule has 1 aromatic carbocycles. The number of ether oxygens (including phenoxy) is 4. The van der Waals surface area contributed by atoms with Gasteiger partial charge in [-0.2, -0.15) is 0 Å². The summed E-state index contributed by atoms with van der Waals surface area (Å²) >= 11 is 0. The van der Waals surface area contributed by atoms with Crippen LogP contribution < -0.4 is 20.7 Å². The molecule has 22 heteroatoms. The van der Waals surface area contributed by atoms with E-state index in [0.717, 1.165) is 0 Å². The SMILES string of the molecule is CC[C@H](C)[C@H]1NC(=O)[C@@H](NC(=O)[C@@H](CC(C)C)N(C)C(=O)C2C=CCN2C(=O)OC(C)(C)C)[C@@H](C)OC(=O)[C@H](Cc2ccc(OC)cc2)N(C)C(=O)C2CCCN2C(=O)[C@H](CC(C)C)NC(=O)[C@@H](C)C(=O)[C@H](C(C)C)OC(=O)C[C@@H]1O. The Kier molecular flexibility index (Phi) is 24.3. The van der Waals surface area contributed by atoms with Crippen LogP contribution in [0.1, 0.15) is 134 Å². The number of esters is 2. The normalized spacial score (nSPS) is 26.9. The van der Waals surface area contributed by atoms with E-state index in [-0.39, 0.29) is 50.6 Å². The number of carbonyl (C=O) groups excluding carboxylic acids is 10. The van der Waals surface area contributed by atoms with Gasteiger partial charge in [-0.25, -0.2) is 9.59 Å². The van der Waals surface area contributed by atoms with Crippen molar-refractivity contribution in [1.29, 1.82) is 0 Å². The topological polar surface area (TPSA) is 277 Å². The minimum absolute atomic E-state index is 0.0639. The lowest BCUT2D eigenvalue weighted by Crippen LogP contribution is -2.62. The highest BCUT2D eigenvalue weighted by Crippen LogP contribution is 2.27. The molecule has 2 unspecified atom stereocenters. The van der Waals surface area contributed by atoms with Crippen molar-refractivity contribution >= 4 is 59.3 Å². The van der Waals surface area contributed by atoms with E-state index in [2.05, 4.69) is 16.0 Å². The molecule has 452 valence electrons. The minimum atomic E-state index is -1.77. The molecule has 2 saturated heterocycles. The second kappa shape index (κ2) is 29.4. The van der Waals surface area contributed by atoms with Gasteiger partial charge in [-0.3, -0.25) is 43.3 Å². The lowest BCUT2D eigenvalue weighted by atomic mass is 9.91.